The third kappa shape index (κ3) is 5.26. The van der Waals surface area contributed by atoms with E-state index in [1.54, 1.807) is 5.57 Å². The van der Waals surface area contributed by atoms with E-state index in [4.69, 9.17) is 9.47 Å². The van der Waals surface area contributed by atoms with Crippen molar-refractivity contribution in [1.29, 1.82) is 0 Å². The third-order valence-electron chi connectivity index (χ3n) is 11.8. The lowest BCUT2D eigenvalue weighted by Crippen LogP contribution is -2.53. The van der Waals surface area contributed by atoms with Crippen molar-refractivity contribution in [2.75, 3.05) is 6.61 Å². The minimum atomic E-state index is -0.537. The Kier molecular flexibility index (Phi) is 8.07. The Morgan fingerprint density at radius 2 is 1.92 bits per heavy atom. The van der Waals surface area contributed by atoms with Crippen LogP contribution in [0, 0.1) is 40.4 Å². The SMILES string of the molecule is CC(C)CCCC(C)(O)C1CCC2C3CC=C4CC(OC5C=CC[C@@H](CO)O5)CCC4(C)C3CCC21C. The molecule has 1 aliphatic heterocycles. The fourth-order valence-electron chi connectivity index (χ4n) is 9.82. The number of rotatable bonds is 8. The first-order valence-corrected chi connectivity index (χ1v) is 15.6. The molecule has 37 heavy (non-hydrogen) atoms. The van der Waals surface area contributed by atoms with Gasteiger partial charge in [0.25, 0.3) is 0 Å². The Morgan fingerprint density at radius 1 is 1.11 bits per heavy atom. The number of ether oxygens (including phenoxy) is 2. The number of aliphatic hydroxyl groups excluding tert-OH is 1. The predicted octanol–water partition coefficient (Wildman–Crippen LogP) is 7.19. The van der Waals surface area contributed by atoms with Crippen LogP contribution in [0.4, 0.5) is 0 Å². The molecule has 0 aromatic rings. The molecule has 5 aliphatic rings. The van der Waals surface area contributed by atoms with Crippen LogP contribution in [0.1, 0.15) is 112 Å². The standard InChI is InChI=1S/C33H54O4/c1-22(2)8-7-17-33(5,35)29-14-13-27-26-12-11-23-20-24(36-30-10-6-9-25(21-34)37-30)15-18-31(23,3)28(26)16-19-32(27,29)4/h6,10-11,22,24-30,34-35H,7-9,12-21H2,1-5H3/t24?,25-,26?,27?,28?,29?,30?,31?,32?,33?/m0/s1. The second-order valence-electron chi connectivity index (χ2n) is 14.6. The van der Waals surface area contributed by atoms with Gasteiger partial charge < -0.3 is 19.7 Å². The van der Waals surface area contributed by atoms with Crippen LogP contribution in [-0.4, -0.2) is 40.9 Å². The van der Waals surface area contributed by atoms with Gasteiger partial charge in [0.05, 0.1) is 24.4 Å². The summed E-state index contributed by atoms with van der Waals surface area (Å²) < 4.78 is 12.3. The molecule has 9 unspecified atom stereocenters. The fourth-order valence-corrected chi connectivity index (χ4v) is 9.82. The molecule has 0 spiro atoms. The van der Waals surface area contributed by atoms with E-state index < -0.39 is 5.60 Å². The van der Waals surface area contributed by atoms with Crippen LogP contribution in [0.15, 0.2) is 23.8 Å². The smallest absolute Gasteiger partial charge is 0.177 e. The molecule has 2 N–H and O–H groups in total. The van der Waals surface area contributed by atoms with Crippen molar-refractivity contribution in [1.82, 2.24) is 0 Å². The molecule has 0 bridgehead atoms. The molecule has 0 aromatic heterocycles. The Morgan fingerprint density at radius 3 is 2.68 bits per heavy atom. The zero-order chi connectivity index (χ0) is 26.4. The van der Waals surface area contributed by atoms with Crippen LogP contribution in [0.5, 0.6) is 0 Å². The molecule has 0 amide bonds. The van der Waals surface area contributed by atoms with E-state index in [0.717, 1.165) is 49.9 Å². The Bertz CT molecular complexity index is 860. The zero-order valence-corrected chi connectivity index (χ0v) is 24.3. The van der Waals surface area contributed by atoms with Crippen LogP contribution >= 0.6 is 0 Å². The van der Waals surface area contributed by atoms with Crippen LogP contribution in [0.25, 0.3) is 0 Å². The van der Waals surface area contributed by atoms with Gasteiger partial charge >= 0.3 is 0 Å². The first kappa shape index (κ1) is 27.9. The van der Waals surface area contributed by atoms with E-state index >= 15 is 0 Å². The molecule has 0 aromatic carbocycles. The molecule has 3 saturated carbocycles. The molecular formula is C33H54O4. The Hall–Kier alpha value is -0.680. The first-order valence-electron chi connectivity index (χ1n) is 15.6. The lowest BCUT2D eigenvalue weighted by molar-refractivity contribution is -0.186. The maximum atomic E-state index is 11.7. The molecule has 0 radical (unpaired) electrons. The molecule has 210 valence electrons. The second-order valence-corrected chi connectivity index (χ2v) is 14.6. The van der Waals surface area contributed by atoms with Gasteiger partial charge in [-0.3, -0.25) is 0 Å². The molecule has 1 heterocycles. The Balaban J connectivity index is 1.26. The maximum Gasteiger partial charge on any atom is 0.177 e. The zero-order valence-electron chi connectivity index (χ0n) is 24.3. The quantitative estimate of drug-likeness (QED) is 0.337. The van der Waals surface area contributed by atoms with Gasteiger partial charge in [-0.1, -0.05) is 58.3 Å². The summed E-state index contributed by atoms with van der Waals surface area (Å²) in [6.45, 7) is 11.9. The average Bonchev–Trinajstić information content (AvgIpc) is 3.22. The second kappa shape index (κ2) is 10.7. The van der Waals surface area contributed by atoms with E-state index in [1.807, 2.05) is 6.08 Å². The van der Waals surface area contributed by atoms with Gasteiger partial charge in [0.15, 0.2) is 6.29 Å². The summed E-state index contributed by atoms with van der Waals surface area (Å²) in [5, 5.41) is 21.2. The Labute approximate surface area is 226 Å². The summed E-state index contributed by atoms with van der Waals surface area (Å²) in [6, 6.07) is 0. The molecule has 10 atom stereocenters. The highest BCUT2D eigenvalue weighted by atomic mass is 16.7. The van der Waals surface area contributed by atoms with Gasteiger partial charge in [0, 0.05) is 0 Å². The van der Waals surface area contributed by atoms with Crippen molar-refractivity contribution >= 4 is 0 Å². The minimum Gasteiger partial charge on any atom is -0.394 e. The summed E-state index contributed by atoms with van der Waals surface area (Å²) in [6.07, 6.45) is 20.1. The van der Waals surface area contributed by atoms with Gasteiger partial charge in [-0.15, -0.1) is 0 Å². The van der Waals surface area contributed by atoms with Crippen molar-refractivity contribution in [2.45, 2.75) is 136 Å². The molecule has 4 aliphatic carbocycles. The van der Waals surface area contributed by atoms with Crippen molar-refractivity contribution in [3.8, 4) is 0 Å². The third-order valence-corrected chi connectivity index (χ3v) is 11.8. The van der Waals surface area contributed by atoms with E-state index in [9.17, 15) is 10.2 Å². The highest BCUT2D eigenvalue weighted by molar-refractivity contribution is 5.26. The van der Waals surface area contributed by atoms with Crippen molar-refractivity contribution < 1.29 is 19.7 Å². The van der Waals surface area contributed by atoms with E-state index in [1.165, 1.54) is 44.9 Å². The number of aliphatic hydroxyl groups is 2. The van der Waals surface area contributed by atoms with Crippen molar-refractivity contribution in [3.05, 3.63) is 23.8 Å². The van der Waals surface area contributed by atoms with Crippen LogP contribution < -0.4 is 0 Å². The summed E-state index contributed by atoms with van der Waals surface area (Å²) >= 11 is 0. The van der Waals surface area contributed by atoms with Gasteiger partial charge in [-0.25, -0.2) is 0 Å². The number of hydrogen-bond acceptors (Lipinski definition) is 4. The van der Waals surface area contributed by atoms with Gasteiger partial charge in [-0.05, 0) is 118 Å². The maximum absolute atomic E-state index is 11.7. The molecule has 0 saturated heterocycles. The lowest BCUT2D eigenvalue weighted by atomic mass is 9.46. The average molecular weight is 515 g/mol. The monoisotopic (exact) mass is 514 g/mol. The number of fused-ring (bicyclic) bond motifs is 5. The fraction of sp³-hybridized carbons (Fsp3) is 0.879. The molecule has 3 fully saturated rings. The van der Waals surface area contributed by atoms with Crippen molar-refractivity contribution in [3.63, 3.8) is 0 Å². The van der Waals surface area contributed by atoms with Gasteiger partial charge in [0.1, 0.15) is 0 Å². The van der Waals surface area contributed by atoms with E-state index in [2.05, 4.69) is 46.8 Å². The number of allylic oxidation sites excluding steroid dienone is 1. The normalized spacial score (nSPS) is 45.1. The summed E-state index contributed by atoms with van der Waals surface area (Å²) in [7, 11) is 0. The van der Waals surface area contributed by atoms with E-state index in [-0.39, 0.29) is 30.5 Å². The van der Waals surface area contributed by atoms with Gasteiger partial charge in [-0.2, -0.15) is 0 Å². The minimum absolute atomic E-state index is 0.0511. The summed E-state index contributed by atoms with van der Waals surface area (Å²) in [5.41, 5.74) is 1.66. The summed E-state index contributed by atoms with van der Waals surface area (Å²) in [4.78, 5) is 0. The highest BCUT2D eigenvalue weighted by Gasteiger charge is 2.61. The molecule has 4 heteroatoms. The molecular weight excluding hydrogens is 460 g/mol. The van der Waals surface area contributed by atoms with Crippen LogP contribution in [0.3, 0.4) is 0 Å². The molecule has 5 rings (SSSR count). The van der Waals surface area contributed by atoms with E-state index in [0.29, 0.717) is 17.3 Å². The predicted molar refractivity (Wildman–Crippen MR) is 149 cm³/mol. The first-order chi connectivity index (χ1) is 17.6. The largest absolute Gasteiger partial charge is 0.394 e. The van der Waals surface area contributed by atoms with Crippen LogP contribution in [0.2, 0.25) is 0 Å². The van der Waals surface area contributed by atoms with Crippen molar-refractivity contribution in [2.24, 2.45) is 40.4 Å². The van der Waals surface area contributed by atoms with Crippen LogP contribution in [-0.2, 0) is 9.47 Å². The number of hydrogen-bond donors (Lipinski definition) is 2. The topological polar surface area (TPSA) is 58.9 Å². The molecule has 4 nitrogen and oxygen atoms in total. The van der Waals surface area contributed by atoms with Gasteiger partial charge in [0.2, 0.25) is 0 Å². The lowest BCUT2D eigenvalue weighted by Gasteiger charge is -2.59. The summed E-state index contributed by atoms with van der Waals surface area (Å²) in [5.74, 6) is 3.42. The highest BCUT2D eigenvalue weighted by Crippen LogP contribution is 2.67.